The van der Waals surface area contributed by atoms with Gasteiger partial charge in [-0.25, -0.2) is 4.39 Å². The summed E-state index contributed by atoms with van der Waals surface area (Å²) in [5.41, 5.74) is 0.0982. The van der Waals surface area contributed by atoms with Crippen LogP contribution < -0.4 is 5.32 Å². The van der Waals surface area contributed by atoms with E-state index in [0.29, 0.717) is 37.4 Å². The van der Waals surface area contributed by atoms with Crippen molar-refractivity contribution in [2.24, 2.45) is 11.8 Å². The summed E-state index contributed by atoms with van der Waals surface area (Å²) >= 11 is 0. The van der Waals surface area contributed by atoms with Crippen LogP contribution in [0.25, 0.3) is 0 Å². The van der Waals surface area contributed by atoms with E-state index in [9.17, 15) is 14.0 Å². The molecule has 2 fully saturated rings. The van der Waals surface area contributed by atoms with E-state index in [-0.39, 0.29) is 17.4 Å². The molecule has 7 heteroatoms. The Balaban J connectivity index is 1.59. The molecule has 3 atom stereocenters. The Morgan fingerprint density at radius 1 is 1.38 bits per heavy atom. The number of nitrogens with zero attached hydrogens (tertiary/aromatic N) is 3. The van der Waals surface area contributed by atoms with Crippen molar-refractivity contribution in [3.05, 3.63) is 29.8 Å². The molecule has 6 nitrogen and oxygen atoms in total. The highest BCUT2D eigenvalue weighted by Crippen LogP contribution is 2.31. The zero-order chi connectivity index (χ0) is 18.7. The first-order chi connectivity index (χ1) is 12.5. The Bertz CT molecular complexity index is 667. The van der Waals surface area contributed by atoms with Gasteiger partial charge in [-0.15, -0.1) is 0 Å². The number of piperidine rings is 2. The quantitative estimate of drug-likeness (QED) is 0.863. The lowest BCUT2D eigenvalue weighted by Gasteiger charge is -2.46. The van der Waals surface area contributed by atoms with Crippen molar-refractivity contribution in [3.63, 3.8) is 0 Å². The Labute approximate surface area is 153 Å². The van der Waals surface area contributed by atoms with Crippen LogP contribution in [0.5, 0.6) is 0 Å². The molecule has 0 aromatic carbocycles. The van der Waals surface area contributed by atoms with Crippen LogP contribution in [0.3, 0.4) is 0 Å². The fourth-order valence-corrected chi connectivity index (χ4v) is 4.09. The third-order valence-electron chi connectivity index (χ3n) is 5.50. The number of fused-ring (bicyclic) bond motifs is 2. The van der Waals surface area contributed by atoms with Crippen molar-refractivity contribution in [2.75, 3.05) is 33.7 Å². The van der Waals surface area contributed by atoms with Gasteiger partial charge in [0.1, 0.15) is 0 Å². The smallest absolute Gasteiger partial charge is 0.256 e. The Morgan fingerprint density at radius 2 is 2.19 bits per heavy atom. The van der Waals surface area contributed by atoms with Crippen LogP contribution in [0.2, 0.25) is 0 Å². The van der Waals surface area contributed by atoms with Gasteiger partial charge in [0.05, 0.1) is 11.8 Å². The van der Waals surface area contributed by atoms with E-state index in [1.807, 2.05) is 0 Å². The van der Waals surface area contributed by atoms with Gasteiger partial charge in [-0.3, -0.25) is 14.6 Å². The lowest BCUT2D eigenvalue weighted by atomic mass is 9.79. The van der Waals surface area contributed by atoms with E-state index in [0.717, 1.165) is 32.0 Å². The SMILES string of the molecule is CN(C)C(=O)CCC[C@H]1NCC2CC1CN(C(=O)c1ccncc1F)C2. The van der Waals surface area contributed by atoms with Gasteiger partial charge in [-0.1, -0.05) is 0 Å². The number of hydrogen-bond donors (Lipinski definition) is 1. The molecule has 26 heavy (non-hydrogen) atoms. The fourth-order valence-electron chi connectivity index (χ4n) is 4.09. The second-order valence-electron chi connectivity index (χ2n) is 7.62. The molecule has 0 radical (unpaired) electrons. The third-order valence-corrected chi connectivity index (χ3v) is 5.50. The van der Waals surface area contributed by atoms with Crippen LogP contribution in [-0.4, -0.2) is 66.4 Å². The van der Waals surface area contributed by atoms with Gasteiger partial charge in [0.25, 0.3) is 5.91 Å². The molecule has 2 unspecified atom stereocenters. The topological polar surface area (TPSA) is 65.5 Å². The lowest BCUT2D eigenvalue weighted by molar-refractivity contribution is -0.128. The number of rotatable bonds is 5. The second-order valence-corrected chi connectivity index (χ2v) is 7.62. The molecule has 1 aromatic rings. The predicted octanol–water partition coefficient (Wildman–Crippen LogP) is 1.53. The maximum absolute atomic E-state index is 13.9. The predicted molar refractivity (Wildman–Crippen MR) is 96.0 cm³/mol. The largest absolute Gasteiger partial charge is 0.349 e. The summed E-state index contributed by atoms with van der Waals surface area (Å²) in [5, 5.41) is 3.59. The molecular weight excluding hydrogens is 335 g/mol. The fraction of sp³-hybridized carbons (Fsp3) is 0.632. The summed E-state index contributed by atoms with van der Waals surface area (Å²) in [4.78, 5) is 31.6. The first-order valence-corrected chi connectivity index (χ1v) is 9.28. The second kappa shape index (κ2) is 8.12. The third kappa shape index (κ3) is 4.20. The Hall–Kier alpha value is -2.02. The van der Waals surface area contributed by atoms with Crippen LogP contribution >= 0.6 is 0 Å². The highest BCUT2D eigenvalue weighted by molar-refractivity contribution is 5.94. The zero-order valence-electron chi connectivity index (χ0n) is 15.4. The van der Waals surface area contributed by atoms with Crippen molar-refractivity contribution in [1.29, 1.82) is 0 Å². The molecule has 2 aliphatic rings. The molecule has 142 valence electrons. The number of amides is 2. The summed E-state index contributed by atoms with van der Waals surface area (Å²) < 4.78 is 13.9. The van der Waals surface area contributed by atoms with Crippen molar-refractivity contribution >= 4 is 11.8 Å². The Morgan fingerprint density at radius 3 is 2.92 bits per heavy atom. The summed E-state index contributed by atoms with van der Waals surface area (Å²) in [6, 6.07) is 1.75. The Kier molecular flexibility index (Phi) is 5.86. The molecular formula is C19H27FN4O2. The number of nitrogens with one attached hydrogen (secondary N) is 1. The molecule has 2 saturated heterocycles. The normalized spacial score (nSPS) is 25.0. The summed E-state index contributed by atoms with van der Waals surface area (Å²) in [6.45, 7) is 2.16. The van der Waals surface area contributed by atoms with E-state index in [1.54, 1.807) is 23.9 Å². The number of halogens is 1. The molecule has 0 spiro atoms. The van der Waals surface area contributed by atoms with Crippen LogP contribution in [0.4, 0.5) is 4.39 Å². The monoisotopic (exact) mass is 362 g/mol. The molecule has 1 N–H and O–H groups in total. The van der Waals surface area contributed by atoms with Gasteiger partial charge in [0, 0.05) is 45.8 Å². The molecule has 2 amide bonds. The van der Waals surface area contributed by atoms with Crippen molar-refractivity contribution in [3.8, 4) is 0 Å². The molecule has 3 rings (SSSR count). The minimum Gasteiger partial charge on any atom is -0.349 e. The highest BCUT2D eigenvalue weighted by atomic mass is 19.1. The van der Waals surface area contributed by atoms with Crippen molar-refractivity contribution in [2.45, 2.75) is 31.7 Å². The maximum Gasteiger partial charge on any atom is 0.256 e. The highest BCUT2D eigenvalue weighted by Gasteiger charge is 2.38. The molecule has 2 aliphatic heterocycles. The number of pyridine rings is 1. The van der Waals surface area contributed by atoms with Gasteiger partial charge in [-0.05, 0) is 43.7 Å². The maximum atomic E-state index is 13.9. The molecule has 2 bridgehead atoms. The molecule has 1 aromatic heterocycles. The number of aromatic nitrogens is 1. The van der Waals surface area contributed by atoms with E-state index >= 15 is 0 Å². The standard InChI is InChI=1S/C19H27FN4O2/c1-23(2)18(25)5-3-4-17-14-8-13(9-22-17)11-24(12-14)19(26)15-6-7-21-10-16(15)20/h6-7,10,13-14,17,22H,3-5,8-9,11-12H2,1-2H3/t13?,14?,17-/m1/s1. The van der Waals surface area contributed by atoms with Gasteiger partial charge < -0.3 is 15.1 Å². The average molecular weight is 362 g/mol. The first kappa shape index (κ1) is 18.8. The van der Waals surface area contributed by atoms with Gasteiger partial charge >= 0.3 is 0 Å². The number of likely N-dealkylation sites (tertiary alicyclic amines) is 1. The summed E-state index contributed by atoms with van der Waals surface area (Å²) in [5.74, 6) is 0.0912. The van der Waals surface area contributed by atoms with Crippen LogP contribution in [0, 0.1) is 17.7 Å². The van der Waals surface area contributed by atoms with E-state index in [2.05, 4.69) is 10.3 Å². The van der Waals surface area contributed by atoms with Gasteiger partial charge in [0.2, 0.25) is 5.91 Å². The molecule has 3 heterocycles. The minimum atomic E-state index is -0.565. The van der Waals surface area contributed by atoms with Gasteiger partial charge in [0.15, 0.2) is 5.82 Å². The van der Waals surface area contributed by atoms with Crippen LogP contribution in [-0.2, 0) is 4.79 Å². The number of hydrogen-bond acceptors (Lipinski definition) is 4. The molecule has 0 aliphatic carbocycles. The number of carbonyl (C=O) groups is 2. The van der Waals surface area contributed by atoms with E-state index in [4.69, 9.17) is 0 Å². The van der Waals surface area contributed by atoms with Crippen LogP contribution in [0.1, 0.15) is 36.0 Å². The van der Waals surface area contributed by atoms with E-state index < -0.39 is 5.82 Å². The summed E-state index contributed by atoms with van der Waals surface area (Å²) in [7, 11) is 3.54. The minimum absolute atomic E-state index is 0.0982. The molecule has 0 saturated carbocycles. The van der Waals surface area contributed by atoms with E-state index in [1.165, 1.54) is 12.3 Å². The number of carbonyl (C=O) groups excluding carboxylic acids is 2. The lowest BCUT2D eigenvalue weighted by Crippen LogP contribution is -2.57. The first-order valence-electron chi connectivity index (χ1n) is 9.28. The van der Waals surface area contributed by atoms with Crippen LogP contribution in [0.15, 0.2) is 18.5 Å². The zero-order valence-corrected chi connectivity index (χ0v) is 15.4. The average Bonchev–Trinajstić information content (AvgIpc) is 2.63. The summed E-state index contributed by atoms with van der Waals surface area (Å²) in [6.07, 6.45) is 5.93. The van der Waals surface area contributed by atoms with Crippen molar-refractivity contribution in [1.82, 2.24) is 20.1 Å². The van der Waals surface area contributed by atoms with Crippen molar-refractivity contribution < 1.29 is 14.0 Å². The van der Waals surface area contributed by atoms with Gasteiger partial charge in [-0.2, -0.15) is 0 Å².